The number of aliphatic hydroxyl groups excluding tert-OH is 3. The summed E-state index contributed by atoms with van der Waals surface area (Å²) in [4.78, 5) is 64.4. The number of Topliss-reactive ketones (excluding diaryl/α,β-unsaturated/α-hetero) is 3. The zero-order valence-corrected chi connectivity index (χ0v) is 26.5. The predicted octanol–water partition coefficient (Wildman–Crippen LogP) is 2.65. The number of rotatable bonds is 15. The van der Waals surface area contributed by atoms with Crippen molar-refractivity contribution >= 4 is 35.1 Å². The van der Waals surface area contributed by atoms with Gasteiger partial charge in [0, 0.05) is 39.1 Å². The SMILES string of the molecule is CC(=O)CC(=O)[N-]CC(C)(C)CO.CC(=O)CC(=O)[N-]CC(C)(C)CO.CC(=O)CC(=O)[N-]CC(C)(C)CO.[Fe+3]. The van der Waals surface area contributed by atoms with Gasteiger partial charge in [0.05, 0.1) is 17.7 Å². The average Bonchev–Trinajstić information content (AvgIpc) is 2.80. The van der Waals surface area contributed by atoms with E-state index in [1.165, 1.54) is 20.8 Å². The molecule has 0 rings (SSSR count). The van der Waals surface area contributed by atoms with Gasteiger partial charge in [-0.15, -0.1) is 19.6 Å². The van der Waals surface area contributed by atoms with Gasteiger partial charge in [-0.25, -0.2) is 0 Å². The van der Waals surface area contributed by atoms with E-state index < -0.39 is 17.7 Å². The Morgan fingerprint density at radius 2 is 0.650 bits per heavy atom. The fraction of sp³-hybridized carbons (Fsp3) is 0.778. The van der Waals surface area contributed by atoms with Gasteiger partial charge in [-0.05, 0) is 37.0 Å². The minimum absolute atomic E-state index is 0. The summed E-state index contributed by atoms with van der Waals surface area (Å²) in [6.07, 6.45) is -0.412. The number of ketones is 3. The van der Waals surface area contributed by atoms with Gasteiger partial charge in [-0.3, -0.25) is 14.4 Å². The first kappa shape index (κ1) is 44.8. The fourth-order valence-electron chi connectivity index (χ4n) is 1.86. The van der Waals surface area contributed by atoms with Crippen molar-refractivity contribution in [2.45, 2.75) is 81.6 Å². The molecular weight excluding hydrogens is 566 g/mol. The van der Waals surface area contributed by atoms with Crippen LogP contribution in [0.1, 0.15) is 81.6 Å². The molecule has 1 radical (unpaired) electrons. The summed E-state index contributed by atoms with van der Waals surface area (Å²) < 4.78 is 0. The number of aliphatic hydroxyl groups is 3. The van der Waals surface area contributed by atoms with E-state index in [-0.39, 0.29) is 109 Å². The first-order valence-corrected chi connectivity index (χ1v) is 12.5. The van der Waals surface area contributed by atoms with Crippen LogP contribution in [-0.4, -0.2) is 89.8 Å². The third-order valence-electron chi connectivity index (χ3n) is 4.53. The Bertz CT molecular complexity index is 708. The molecule has 0 aliphatic rings. The quantitative estimate of drug-likeness (QED) is 0.183. The molecule has 0 atom stereocenters. The first-order chi connectivity index (χ1) is 17.6. The molecule has 0 aromatic rings. The van der Waals surface area contributed by atoms with Crippen LogP contribution in [-0.2, 0) is 45.8 Å². The van der Waals surface area contributed by atoms with Gasteiger partial charge in [0.15, 0.2) is 0 Å². The molecule has 0 spiro atoms. The summed E-state index contributed by atoms with van der Waals surface area (Å²) in [6, 6.07) is 0. The Morgan fingerprint density at radius 1 is 0.475 bits per heavy atom. The summed E-state index contributed by atoms with van der Waals surface area (Å²) in [7, 11) is 0. The molecule has 0 aromatic heterocycles. The molecule has 0 aliphatic carbocycles. The van der Waals surface area contributed by atoms with E-state index in [1.807, 2.05) is 0 Å². The first-order valence-electron chi connectivity index (χ1n) is 12.5. The van der Waals surface area contributed by atoms with Crippen LogP contribution >= 0.6 is 0 Å². The maximum atomic E-state index is 10.9. The molecule has 0 bridgehead atoms. The second-order valence-corrected chi connectivity index (χ2v) is 11.7. The molecule has 3 N–H and O–H groups in total. The molecule has 0 fully saturated rings. The van der Waals surface area contributed by atoms with Gasteiger partial charge >= 0.3 is 17.1 Å². The topological polar surface area (TPSA) is 205 Å². The standard InChI is InChI=1S/3C9H17NO3.Fe/c3*1-7(12)4-8(13)10-5-9(2,3)6-11;/h3*11H,4-6H2,1-3H3,(H,10,13);/q;;;+3/p-3. The van der Waals surface area contributed by atoms with Crippen molar-refractivity contribution in [2.24, 2.45) is 16.2 Å². The third-order valence-corrected chi connectivity index (χ3v) is 4.53. The summed E-state index contributed by atoms with van der Waals surface area (Å²) in [5.74, 6) is -1.78. The number of carbonyl (C=O) groups is 6. The van der Waals surface area contributed by atoms with E-state index in [0.717, 1.165) is 0 Å². The molecule has 0 unspecified atom stereocenters. The summed E-state index contributed by atoms with van der Waals surface area (Å²) in [6.45, 7) is 15.6. The van der Waals surface area contributed by atoms with Crippen LogP contribution in [0.3, 0.4) is 0 Å². The van der Waals surface area contributed by atoms with Gasteiger partial charge in [0.2, 0.25) is 0 Å². The largest absolute Gasteiger partial charge is 3.00 e. The second-order valence-electron chi connectivity index (χ2n) is 11.7. The van der Waals surface area contributed by atoms with Crippen LogP contribution < -0.4 is 0 Å². The molecule has 13 heteroatoms. The Balaban J connectivity index is -0.000000240. The van der Waals surface area contributed by atoms with E-state index >= 15 is 0 Å². The molecule has 3 amide bonds. The van der Waals surface area contributed by atoms with Crippen LogP contribution in [0.15, 0.2) is 0 Å². The number of nitrogens with zero attached hydrogens (tertiary/aromatic N) is 3. The van der Waals surface area contributed by atoms with Crippen molar-refractivity contribution in [1.29, 1.82) is 0 Å². The van der Waals surface area contributed by atoms with E-state index in [0.29, 0.717) is 0 Å². The van der Waals surface area contributed by atoms with Gasteiger partial charge < -0.3 is 45.7 Å². The van der Waals surface area contributed by atoms with Crippen LogP contribution in [0.25, 0.3) is 16.0 Å². The van der Waals surface area contributed by atoms with Gasteiger partial charge in [0.1, 0.15) is 17.3 Å². The Morgan fingerprint density at radius 3 is 0.775 bits per heavy atom. The van der Waals surface area contributed by atoms with Crippen molar-refractivity contribution in [2.75, 3.05) is 39.5 Å². The summed E-state index contributed by atoms with van der Waals surface area (Å²) in [5.41, 5.74) is -1.15. The third kappa shape index (κ3) is 32.0. The minimum atomic E-state index is -0.408. The molecule has 0 aromatic carbocycles. The zero-order valence-electron chi connectivity index (χ0n) is 25.4. The normalized spacial score (nSPS) is 10.8. The number of hydrogen-bond donors (Lipinski definition) is 3. The molecule has 0 saturated heterocycles. The smallest absolute Gasteiger partial charge is 0.652 e. The number of hydrogen-bond acceptors (Lipinski definition) is 9. The molecule has 40 heavy (non-hydrogen) atoms. The van der Waals surface area contributed by atoms with Gasteiger partial charge in [0.25, 0.3) is 0 Å². The summed E-state index contributed by atoms with van der Waals surface area (Å²) >= 11 is 0. The van der Waals surface area contributed by atoms with E-state index in [1.54, 1.807) is 41.5 Å². The van der Waals surface area contributed by atoms with Crippen LogP contribution in [0.2, 0.25) is 0 Å². The van der Waals surface area contributed by atoms with Crippen molar-refractivity contribution < 1.29 is 61.2 Å². The predicted molar refractivity (Wildman–Crippen MR) is 148 cm³/mol. The van der Waals surface area contributed by atoms with E-state index in [9.17, 15) is 28.8 Å². The maximum Gasteiger partial charge on any atom is 3.00 e. The zero-order chi connectivity index (χ0) is 31.4. The maximum absolute atomic E-state index is 10.9. The molecule has 0 aliphatic heterocycles. The number of amides is 3. The van der Waals surface area contributed by atoms with Gasteiger partial charge in [-0.2, -0.15) is 0 Å². The van der Waals surface area contributed by atoms with Crippen molar-refractivity contribution in [3.8, 4) is 0 Å². The van der Waals surface area contributed by atoms with E-state index in [2.05, 4.69) is 16.0 Å². The molecule has 0 heterocycles. The van der Waals surface area contributed by atoms with Gasteiger partial charge in [-0.1, -0.05) is 41.5 Å². The molecular formula is C27H48FeN3O9. The van der Waals surface area contributed by atoms with E-state index in [4.69, 9.17) is 15.3 Å². The Kier molecular flexibility index (Phi) is 25.2. The van der Waals surface area contributed by atoms with Crippen molar-refractivity contribution in [1.82, 2.24) is 0 Å². The second kappa shape index (κ2) is 22.5. The minimum Gasteiger partial charge on any atom is -0.652 e. The average molecular weight is 615 g/mol. The Hall–Kier alpha value is -2.18. The monoisotopic (exact) mass is 614 g/mol. The van der Waals surface area contributed by atoms with Crippen LogP contribution in [0, 0.1) is 16.2 Å². The Labute approximate surface area is 249 Å². The molecule has 12 nitrogen and oxygen atoms in total. The number of carbonyl (C=O) groups excluding carboxylic acids is 6. The van der Waals surface area contributed by atoms with Crippen molar-refractivity contribution in [3.63, 3.8) is 0 Å². The fourth-order valence-corrected chi connectivity index (χ4v) is 1.86. The molecule has 233 valence electrons. The summed E-state index contributed by atoms with van der Waals surface area (Å²) in [5, 5.41) is 37.6. The van der Waals surface area contributed by atoms with Crippen LogP contribution in [0.5, 0.6) is 0 Å². The molecule has 0 saturated carbocycles. The van der Waals surface area contributed by atoms with Crippen molar-refractivity contribution in [3.05, 3.63) is 16.0 Å². The van der Waals surface area contributed by atoms with Crippen LogP contribution in [0.4, 0.5) is 0 Å².